The van der Waals surface area contributed by atoms with Gasteiger partial charge in [-0.15, -0.1) is 0 Å². The summed E-state index contributed by atoms with van der Waals surface area (Å²) < 4.78 is 10.4. The third-order valence-corrected chi connectivity index (χ3v) is 3.29. The number of carbonyl (C=O) groups excluding carboxylic acids is 2. The maximum Gasteiger partial charge on any atom is 0.311 e. The van der Waals surface area contributed by atoms with Crippen molar-refractivity contribution in [2.75, 3.05) is 6.61 Å². The number of ether oxygens (including phenoxy) is 1. The van der Waals surface area contributed by atoms with Crippen LogP contribution in [0, 0.1) is 24.0 Å². The molecule has 132 valence electrons. The first-order chi connectivity index (χ1) is 11.8. The van der Waals surface area contributed by atoms with Gasteiger partial charge in [0.25, 0.3) is 11.8 Å². The number of nitro benzene ring substituents is 1. The lowest BCUT2D eigenvalue weighted by atomic mass is 10.2. The molecule has 0 unspecified atom stereocenters. The SMILES string of the molecule is CCOc1ccc(C(=O)NNC(=O)c2cc(C)oc2C)cc1[N+](=O)[O-]. The van der Waals surface area contributed by atoms with Crippen molar-refractivity contribution in [2.45, 2.75) is 20.8 Å². The molecule has 1 aromatic carbocycles. The fourth-order valence-electron chi connectivity index (χ4n) is 2.19. The lowest BCUT2D eigenvalue weighted by molar-refractivity contribution is -0.385. The molecular formula is C16H17N3O6. The first-order valence-electron chi connectivity index (χ1n) is 7.42. The number of hydrazine groups is 1. The fourth-order valence-corrected chi connectivity index (χ4v) is 2.19. The Kier molecular flexibility index (Phi) is 5.38. The minimum absolute atomic E-state index is 0.00977. The Morgan fingerprint density at radius 1 is 1.20 bits per heavy atom. The van der Waals surface area contributed by atoms with Gasteiger partial charge >= 0.3 is 5.69 Å². The highest BCUT2D eigenvalue weighted by Crippen LogP contribution is 2.27. The molecule has 25 heavy (non-hydrogen) atoms. The number of nitrogens with one attached hydrogen (secondary N) is 2. The molecule has 0 aliphatic heterocycles. The first kappa shape index (κ1) is 18.0. The molecule has 0 atom stereocenters. The van der Waals surface area contributed by atoms with Gasteiger partial charge < -0.3 is 9.15 Å². The van der Waals surface area contributed by atoms with Crippen LogP contribution in [0.25, 0.3) is 0 Å². The molecule has 2 rings (SSSR count). The summed E-state index contributed by atoms with van der Waals surface area (Å²) in [6.45, 7) is 5.27. The van der Waals surface area contributed by atoms with Crippen molar-refractivity contribution in [1.29, 1.82) is 0 Å². The normalized spacial score (nSPS) is 10.2. The number of carbonyl (C=O) groups is 2. The molecule has 2 amide bonds. The molecule has 0 aliphatic rings. The van der Waals surface area contributed by atoms with Crippen LogP contribution in [0.4, 0.5) is 5.69 Å². The first-order valence-corrected chi connectivity index (χ1v) is 7.42. The van der Waals surface area contributed by atoms with E-state index in [1.807, 2.05) is 0 Å². The van der Waals surface area contributed by atoms with Crippen molar-refractivity contribution >= 4 is 17.5 Å². The van der Waals surface area contributed by atoms with Crippen LogP contribution < -0.4 is 15.6 Å². The van der Waals surface area contributed by atoms with Gasteiger partial charge in [-0.1, -0.05) is 0 Å². The zero-order valence-corrected chi connectivity index (χ0v) is 13.9. The summed E-state index contributed by atoms with van der Waals surface area (Å²) >= 11 is 0. The molecule has 0 spiro atoms. The average molecular weight is 347 g/mol. The van der Waals surface area contributed by atoms with Crippen molar-refractivity contribution < 1.29 is 23.7 Å². The molecule has 0 bridgehead atoms. The Hall–Kier alpha value is -3.36. The Labute approximate surface area is 143 Å². The maximum absolute atomic E-state index is 12.1. The van der Waals surface area contributed by atoms with E-state index in [9.17, 15) is 19.7 Å². The number of nitrogens with zero attached hydrogens (tertiary/aromatic N) is 1. The van der Waals surface area contributed by atoms with Crippen molar-refractivity contribution in [3.05, 3.63) is 57.0 Å². The predicted octanol–water partition coefficient (Wildman–Crippen LogP) is 2.28. The average Bonchev–Trinajstić information content (AvgIpc) is 2.91. The standard InChI is InChI=1S/C16H17N3O6/c1-4-24-14-6-5-11(8-13(14)19(22)23)15(20)17-18-16(21)12-7-9(2)25-10(12)3/h5-8H,4H2,1-3H3,(H,17,20)(H,18,21). The molecule has 1 aromatic heterocycles. The van der Waals surface area contributed by atoms with Crippen molar-refractivity contribution in [1.82, 2.24) is 10.9 Å². The minimum atomic E-state index is -0.697. The topological polar surface area (TPSA) is 124 Å². The molecule has 9 nitrogen and oxygen atoms in total. The van der Waals surface area contributed by atoms with Crippen LogP contribution in [-0.4, -0.2) is 23.3 Å². The van der Waals surface area contributed by atoms with Crippen molar-refractivity contribution in [3.63, 3.8) is 0 Å². The van der Waals surface area contributed by atoms with E-state index in [1.54, 1.807) is 26.8 Å². The van der Waals surface area contributed by atoms with Gasteiger partial charge in [0, 0.05) is 11.6 Å². The second-order valence-electron chi connectivity index (χ2n) is 5.11. The third kappa shape index (κ3) is 4.14. The summed E-state index contributed by atoms with van der Waals surface area (Å²) in [7, 11) is 0. The second-order valence-corrected chi connectivity index (χ2v) is 5.11. The Bertz CT molecular complexity index is 827. The van der Waals surface area contributed by atoms with Crippen LogP contribution in [0.2, 0.25) is 0 Å². The zero-order valence-electron chi connectivity index (χ0n) is 13.9. The van der Waals surface area contributed by atoms with Crippen LogP contribution >= 0.6 is 0 Å². The molecule has 0 aliphatic carbocycles. The highest BCUT2D eigenvalue weighted by Gasteiger charge is 2.19. The number of aryl methyl sites for hydroxylation is 2. The third-order valence-electron chi connectivity index (χ3n) is 3.29. The van der Waals surface area contributed by atoms with E-state index in [0.29, 0.717) is 11.5 Å². The zero-order chi connectivity index (χ0) is 18.6. The van der Waals surface area contributed by atoms with Gasteiger partial charge in [0.15, 0.2) is 5.75 Å². The Morgan fingerprint density at radius 2 is 1.88 bits per heavy atom. The second kappa shape index (κ2) is 7.47. The van der Waals surface area contributed by atoms with E-state index in [0.717, 1.165) is 6.07 Å². The highest BCUT2D eigenvalue weighted by atomic mass is 16.6. The lowest BCUT2D eigenvalue weighted by Crippen LogP contribution is -2.41. The van der Waals surface area contributed by atoms with Gasteiger partial charge in [-0.05, 0) is 39.0 Å². The predicted molar refractivity (Wildman–Crippen MR) is 87.4 cm³/mol. The summed E-state index contributed by atoms with van der Waals surface area (Å²) in [6, 6.07) is 5.33. The molecule has 9 heteroatoms. The van der Waals surface area contributed by atoms with Gasteiger partial charge in [-0.2, -0.15) is 0 Å². The molecule has 0 radical (unpaired) electrons. The van der Waals surface area contributed by atoms with E-state index in [2.05, 4.69) is 10.9 Å². The number of furan rings is 1. The summed E-state index contributed by atoms with van der Waals surface area (Å²) in [4.78, 5) is 34.6. The van der Waals surface area contributed by atoms with Gasteiger partial charge in [-0.3, -0.25) is 30.6 Å². The number of hydrogen-bond acceptors (Lipinski definition) is 6. The van der Waals surface area contributed by atoms with E-state index >= 15 is 0 Å². The van der Waals surface area contributed by atoms with Gasteiger partial charge in [0.05, 0.1) is 17.1 Å². The molecular weight excluding hydrogens is 330 g/mol. The van der Waals surface area contributed by atoms with Crippen molar-refractivity contribution in [2.24, 2.45) is 0 Å². The van der Waals surface area contributed by atoms with E-state index < -0.39 is 16.7 Å². The molecule has 0 saturated carbocycles. The van der Waals surface area contributed by atoms with Gasteiger partial charge in [0.1, 0.15) is 11.5 Å². The minimum Gasteiger partial charge on any atom is -0.487 e. The van der Waals surface area contributed by atoms with E-state index in [-0.39, 0.29) is 29.2 Å². The Morgan fingerprint density at radius 3 is 2.44 bits per heavy atom. The summed E-state index contributed by atoms with van der Waals surface area (Å²) in [5, 5.41) is 11.1. The monoisotopic (exact) mass is 347 g/mol. The fraction of sp³-hybridized carbons (Fsp3) is 0.250. The lowest BCUT2D eigenvalue weighted by Gasteiger charge is -2.08. The highest BCUT2D eigenvalue weighted by molar-refractivity contribution is 6.00. The summed E-state index contributed by atoms with van der Waals surface area (Å²) in [5.74, 6) is -0.199. The number of hydrogen-bond donors (Lipinski definition) is 2. The van der Waals surface area contributed by atoms with E-state index in [4.69, 9.17) is 9.15 Å². The van der Waals surface area contributed by atoms with Crippen LogP contribution in [0.3, 0.4) is 0 Å². The quantitative estimate of drug-likeness (QED) is 0.631. The smallest absolute Gasteiger partial charge is 0.311 e. The van der Waals surface area contributed by atoms with Crippen LogP contribution in [0.15, 0.2) is 28.7 Å². The molecule has 0 fully saturated rings. The molecule has 1 heterocycles. The Balaban J connectivity index is 2.10. The van der Waals surface area contributed by atoms with Gasteiger partial charge in [-0.25, -0.2) is 0 Å². The number of amides is 2. The van der Waals surface area contributed by atoms with Crippen LogP contribution in [0.1, 0.15) is 39.2 Å². The van der Waals surface area contributed by atoms with E-state index in [1.165, 1.54) is 12.1 Å². The maximum atomic E-state index is 12.1. The van der Waals surface area contributed by atoms with Crippen LogP contribution in [-0.2, 0) is 0 Å². The molecule has 2 N–H and O–H groups in total. The number of nitro groups is 1. The van der Waals surface area contributed by atoms with Crippen molar-refractivity contribution in [3.8, 4) is 5.75 Å². The summed E-state index contributed by atoms with van der Waals surface area (Å²) in [5.41, 5.74) is 4.41. The summed E-state index contributed by atoms with van der Waals surface area (Å²) in [6.07, 6.45) is 0. The largest absolute Gasteiger partial charge is 0.487 e. The van der Waals surface area contributed by atoms with Gasteiger partial charge in [0.2, 0.25) is 0 Å². The van der Waals surface area contributed by atoms with Crippen LogP contribution in [0.5, 0.6) is 5.75 Å². The molecule has 0 saturated heterocycles. The number of benzene rings is 1. The molecule has 2 aromatic rings. The number of rotatable bonds is 5.